The fraction of sp³-hybridized carbons (Fsp3) is 0.250. The van der Waals surface area contributed by atoms with Crippen molar-refractivity contribution < 1.29 is 9.53 Å². The van der Waals surface area contributed by atoms with Crippen LogP contribution in [0.1, 0.15) is 5.69 Å². The van der Waals surface area contributed by atoms with Crippen LogP contribution in [0.15, 0.2) is 46.2 Å². The Hall–Kier alpha value is -2.21. The number of aryl methyl sites for hydroxylation is 1. The second-order valence-electron chi connectivity index (χ2n) is 4.77. The lowest BCUT2D eigenvalue weighted by Crippen LogP contribution is -2.23. The van der Waals surface area contributed by atoms with Crippen molar-refractivity contribution in [1.82, 2.24) is 4.57 Å². The standard InChI is InChI=1S/C16H18N2O3S/c1-11-16(14(19)7-8-18(11)2)21-10-15(20)17-12-5-4-6-13(9-12)22-3/h4-9H,10H2,1-3H3,(H,17,20). The zero-order valence-electron chi connectivity index (χ0n) is 12.8. The van der Waals surface area contributed by atoms with Gasteiger partial charge in [-0.05, 0) is 31.4 Å². The number of anilines is 1. The molecule has 0 unspecified atom stereocenters. The minimum absolute atomic E-state index is 0.205. The van der Waals surface area contributed by atoms with Gasteiger partial charge in [-0.15, -0.1) is 11.8 Å². The summed E-state index contributed by atoms with van der Waals surface area (Å²) in [7, 11) is 1.82. The van der Waals surface area contributed by atoms with Crippen LogP contribution in [0.3, 0.4) is 0 Å². The van der Waals surface area contributed by atoms with E-state index in [1.54, 1.807) is 29.4 Å². The molecule has 22 heavy (non-hydrogen) atoms. The maximum atomic E-state index is 11.9. The van der Waals surface area contributed by atoms with Crippen LogP contribution in [-0.2, 0) is 11.8 Å². The van der Waals surface area contributed by atoms with E-state index in [4.69, 9.17) is 4.74 Å². The largest absolute Gasteiger partial charge is 0.478 e. The number of benzene rings is 1. The van der Waals surface area contributed by atoms with Crippen LogP contribution >= 0.6 is 11.8 Å². The molecule has 1 amide bonds. The molecule has 5 nitrogen and oxygen atoms in total. The molecule has 1 aromatic heterocycles. The molecule has 6 heteroatoms. The maximum absolute atomic E-state index is 11.9. The molecule has 1 N–H and O–H groups in total. The molecule has 0 atom stereocenters. The summed E-state index contributed by atoms with van der Waals surface area (Å²) in [6.45, 7) is 1.57. The van der Waals surface area contributed by atoms with Crippen LogP contribution in [0, 0.1) is 6.92 Å². The van der Waals surface area contributed by atoms with Crippen molar-refractivity contribution in [2.75, 3.05) is 18.2 Å². The molecule has 0 saturated carbocycles. The number of hydrogen-bond acceptors (Lipinski definition) is 4. The predicted octanol–water partition coefficient (Wildman–Crippen LogP) is 2.43. The highest BCUT2D eigenvalue weighted by molar-refractivity contribution is 7.98. The molecule has 2 rings (SSSR count). The van der Waals surface area contributed by atoms with Gasteiger partial charge in [-0.2, -0.15) is 0 Å². The van der Waals surface area contributed by atoms with Gasteiger partial charge >= 0.3 is 0 Å². The lowest BCUT2D eigenvalue weighted by molar-refractivity contribution is -0.118. The Labute approximate surface area is 133 Å². The molecule has 0 saturated heterocycles. The number of rotatable bonds is 5. The SMILES string of the molecule is CSc1cccc(NC(=O)COc2c(C)n(C)ccc2=O)c1. The van der Waals surface area contributed by atoms with E-state index in [0.717, 1.165) is 4.90 Å². The highest BCUT2D eigenvalue weighted by atomic mass is 32.2. The van der Waals surface area contributed by atoms with Gasteiger partial charge in [0.1, 0.15) is 0 Å². The Bertz CT molecular complexity index is 740. The van der Waals surface area contributed by atoms with Crippen molar-refractivity contribution in [3.8, 4) is 5.75 Å². The quantitative estimate of drug-likeness (QED) is 0.860. The van der Waals surface area contributed by atoms with Crippen molar-refractivity contribution in [2.24, 2.45) is 7.05 Å². The first-order valence-electron chi connectivity index (χ1n) is 6.74. The predicted molar refractivity (Wildman–Crippen MR) is 88.8 cm³/mol. The van der Waals surface area contributed by atoms with Crippen LogP contribution in [0.25, 0.3) is 0 Å². The van der Waals surface area contributed by atoms with Gasteiger partial charge in [0.05, 0.1) is 5.69 Å². The summed E-state index contributed by atoms with van der Waals surface area (Å²) in [5.74, 6) is -0.0958. The molecule has 2 aromatic rings. The van der Waals surface area contributed by atoms with E-state index in [1.165, 1.54) is 6.07 Å². The topological polar surface area (TPSA) is 60.3 Å². The number of thioether (sulfide) groups is 1. The first-order valence-corrected chi connectivity index (χ1v) is 7.96. The summed E-state index contributed by atoms with van der Waals surface area (Å²) in [5.41, 5.74) is 1.16. The number of pyridine rings is 1. The first-order chi connectivity index (χ1) is 10.5. The second kappa shape index (κ2) is 7.17. The summed E-state index contributed by atoms with van der Waals surface area (Å²) in [6, 6.07) is 8.95. The molecule has 0 aliphatic rings. The number of carbonyl (C=O) groups excluding carboxylic acids is 1. The number of nitrogens with zero attached hydrogens (tertiary/aromatic N) is 1. The smallest absolute Gasteiger partial charge is 0.262 e. The molecule has 0 fully saturated rings. The third kappa shape index (κ3) is 3.92. The van der Waals surface area contributed by atoms with Crippen LogP contribution in [0.5, 0.6) is 5.75 Å². The Morgan fingerprint density at radius 1 is 1.36 bits per heavy atom. The van der Waals surface area contributed by atoms with Gasteiger partial charge in [0, 0.05) is 29.9 Å². The zero-order valence-corrected chi connectivity index (χ0v) is 13.6. The highest BCUT2D eigenvalue weighted by Crippen LogP contribution is 2.19. The summed E-state index contributed by atoms with van der Waals surface area (Å²) in [4.78, 5) is 24.8. The highest BCUT2D eigenvalue weighted by Gasteiger charge is 2.10. The average Bonchev–Trinajstić information content (AvgIpc) is 2.51. The number of aromatic nitrogens is 1. The maximum Gasteiger partial charge on any atom is 0.262 e. The fourth-order valence-corrected chi connectivity index (χ4v) is 2.38. The summed E-state index contributed by atoms with van der Waals surface area (Å²) < 4.78 is 7.16. The number of carbonyl (C=O) groups is 1. The number of hydrogen-bond donors (Lipinski definition) is 1. The number of ether oxygens (including phenoxy) is 1. The zero-order chi connectivity index (χ0) is 16.1. The van der Waals surface area contributed by atoms with Gasteiger partial charge in [0.2, 0.25) is 5.43 Å². The van der Waals surface area contributed by atoms with Crippen LogP contribution < -0.4 is 15.5 Å². The van der Waals surface area contributed by atoms with E-state index in [9.17, 15) is 9.59 Å². The van der Waals surface area contributed by atoms with Crippen LogP contribution in [0.2, 0.25) is 0 Å². The second-order valence-corrected chi connectivity index (χ2v) is 5.65. The molecule has 0 bridgehead atoms. The van der Waals surface area contributed by atoms with E-state index in [1.807, 2.05) is 37.6 Å². The van der Waals surface area contributed by atoms with Gasteiger partial charge < -0.3 is 14.6 Å². The molecule has 0 spiro atoms. The Balaban J connectivity index is 2.01. The minimum atomic E-state index is -0.302. The monoisotopic (exact) mass is 318 g/mol. The lowest BCUT2D eigenvalue weighted by Gasteiger charge is -2.11. The minimum Gasteiger partial charge on any atom is -0.478 e. The molecule has 1 aromatic carbocycles. The molecule has 0 aliphatic carbocycles. The van der Waals surface area contributed by atoms with Crippen molar-refractivity contribution in [3.05, 3.63) is 52.4 Å². The van der Waals surface area contributed by atoms with E-state index in [2.05, 4.69) is 5.32 Å². The van der Waals surface area contributed by atoms with Crippen molar-refractivity contribution in [2.45, 2.75) is 11.8 Å². The average molecular weight is 318 g/mol. The van der Waals surface area contributed by atoms with Gasteiger partial charge in [-0.3, -0.25) is 9.59 Å². The van der Waals surface area contributed by atoms with Gasteiger partial charge in [-0.25, -0.2) is 0 Å². The molecule has 1 heterocycles. The molecule has 0 radical (unpaired) electrons. The first kappa shape index (κ1) is 16.2. The van der Waals surface area contributed by atoms with E-state index >= 15 is 0 Å². The summed E-state index contributed by atoms with van der Waals surface area (Å²) in [6.07, 6.45) is 3.64. The Morgan fingerprint density at radius 3 is 2.86 bits per heavy atom. The van der Waals surface area contributed by atoms with Crippen molar-refractivity contribution in [1.29, 1.82) is 0 Å². The third-order valence-electron chi connectivity index (χ3n) is 3.23. The molecule has 0 aliphatic heterocycles. The summed E-state index contributed by atoms with van der Waals surface area (Å²) in [5, 5.41) is 2.75. The molecular weight excluding hydrogens is 300 g/mol. The lowest BCUT2D eigenvalue weighted by atomic mass is 10.3. The van der Waals surface area contributed by atoms with Crippen molar-refractivity contribution >= 4 is 23.4 Å². The van der Waals surface area contributed by atoms with E-state index in [-0.39, 0.29) is 23.7 Å². The molecular formula is C16H18N2O3S. The summed E-state index contributed by atoms with van der Waals surface area (Å²) >= 11 is 1.60. The fourth-order valence-electron chi connectivity index (χ4n) is 1.92. The van der Waals surface area contributed by atoms with Gasteiger partial charge in [0.25, 0.3) is 5.91 Å². The molecule has 116 valence electrons. The number of nitrogens with one attached hydrogen (secondary N) is 1. The Kier molecular flexibility index (Phi) is 5.27. The Morgan fingerprint density at radius 2 is 2.14 bits per heavy atom. The van der Waals surface area contributed by atoms with Crippen molar-refractivity contribution in [3.63, 3.8) is 0 Å². The van der Waals surface area contributed by atoms with Crippen LogP contribution in [0.4, 0.5) is 5.69 Å². The van der Waals surface area contributed by atoms with Gasteiger partial charge in [-0.1, -0.05) is 6.07 Å². The van der Waals surface area contributed by atoms with Crippen LogP contribution in [-0.4, -0.2) is 23.3 Å². The normalized spacial score (nSPS) is 10.3. The van der Waals surface area contributed by atoms with E-state index in [0.29, 0.717) is 11.4 Å². The number of amides is 1. The van der Waals surface area contributed by atoms with E-state index < -0.39 is 0 Å². The third-order valence-corrected chi connectivity index (χ3v) is 3.96. The van der Waals surface area contributed by atoms with Gasteiger partial charge in [0.15, 0.2) is 12.4 Å².